The van der Waals surface area contributed by atoms with Gasteiger partial charge in [-0.1, -0.05) is 18.2 Å². The maximum atomic E-state index is 11.0. The zero-order valence-electron chi connectivity index (χ0n) is 11.4. The molecule has 104 valence electrons. The van der Waals surface area contributed by atoms with Crippen molar-refractivity contribution in [2.24, 2.45) is 0 Å². The molecule has 19 heavy (non-hydrogen) atoms. The molecule has 1 aliphatic rings. The predicted molar refractivity (Wildman–Crippen MR) is 79.6 cm³/mol. The highest BCUT2D eigenvalue weighted by Crippen LogP contribution is 2.37. The first kappa shape index (κ1) is 14.3. The Bertz CT molecular complexity index is 459. The third-order valence-corrected chi connectivity index (χ3v) is 5.22. The van der Waals surface area contributed by atoms with Gasteiger partial charge in [0, 0.05) is 29.0 Å². The molecule has 0 aromatic heterocycles. The van der Waals surface area contributed by atoms with Crippen LogP contribution in [0.25, 0.3) is 0 Å². The van der Waals surface area contributed by atoms with Crippen molar-refractivity contribution in [3.05, 3.63) is 39.9 Å². The average molecular weight is 280 g/mol. The molecule has 5 heteroatoms. The van der Waals surface area contributed by atoms with Crippen LogP contribution in [0.3, 0.4) is 0 Å². The van der Waals surface area contributed by atoms with E-state index in [-0.39, 0.29) is 21.4 Å². The normalized spacial score (nSPS) is 24.3. The minimum absolute atomic E-state index is 0.000347. The topological polar surface area (TPSA) is 55.2 Å². The molecule has 0 spiro atoms. The monoisotopic (exact) mass is 280 g/mol. The van der Waals surface area contributed by atoms with Crippen LogP contribution in [0.5, 0.6) is 0 Å². The number of thioether (sulfide) groups is 1. The zero-order valence-corrected chi connectivity index (χ0v) is 12.2. The van der Waals surface area contributed by atoms with Gasteiger partial charge in [-0.15, -0.1) is 0 Å². The Balaban J connectivity index is 2.03. The van der Waals surface area contributed by atoms with Crippen LogP contribution in [-0.4, -0.2) is 22.0 Å². The minimum Gasteiger partial charge on any atom is -0.309 e. The third-order valence-electron chi connectivity index (χ3n) is 3.68. The Morgan fingerprint density at radius 1 is 1.53 bits per heavy atom. The summed E-state index contributed by atoms with van der Waals surface area (Å²) in [6.07, 6.45) is 2.48. The summed E-state index contributed by atoms with van der Waals surface area (Å²) < 4.78 is 0.276. The fraction of sp³-hybridized carbons (Fsp3) is 0.571. The van der Waals surface area contributed by atoms with Crippen LogP contribution in [0.1, 0.15) is 38.3 Å². The number of nitro benzene ring substituents is 1. The van der Waals surface area contributed by atoms with Gasteiger partial charge < -0.3 is 5.32 Å². The van der Waals surface area contributed by atoms with Crippen molar-refractivity contribution in [2.75, 3.05) is 12.3 Å². The van der Waals surface area contributed by atoms with Crippen LogP contribution in [0, 0.1) is 10.1 Å². The molecule has 1 aromatic rings. The van der Waals surface area contributed by atoms with Gasteiger partial charge in [0.2, 0.25) is 0 Å². The molecule has 0 aliphatic carbocycles. The summed E-state index contributed by atoms with van der Waals surface area (Å²) in [5.41, 5.74) is 0.964. The molecule has 0 saturated carbocycles. The van der Waals surface area contributed by atoms with E-state index in [2.05, 4.69) is 12.2 Å². The standard InChI is InChI=1S/C14H20N2O2S/c1-11(15-10-14(2)8-5-9-19-14)12-6-3-4-7-13(12)16(17)18/h3-4,6-7,11,15H,5,8-10H2,1-2H3. The van der Waals surface area contributed by atoms with E-state index in [4.69, 9.17) is 0 Å². The number of para-hydroxylation sites is 1. The number of nitro groups is 1. The van der Waals surface area contributed by atoms with E-state index in [1.54, 1.807) is 12.1 Å². The zero-order chi connectivity index (χ0) is 13.9. The molecule has 1 aromatic carbocycles. The van der Waals surface area contributed by atoms with E-state index in [0.29, 0.717) is 0 Å². The van der Waals surface area contributed by atoms with Crippen LogP contribution in [0.4, 0.5) is 5.69 Å². The number of rotatable bonds is 5. The maximum Gasteiger partial charge on any atom is 0.274 e. The first-order valence-corrected chi connectivity index (χ1v) is 7.61. The molecule has 0 amide bonds. The lowest BCUT2D eigenvalue weighted by molar-refractivity contribution is -0.385. The highest BCUT2D eigenvalue weighted by atomic mass is 32.2. The molecular weight excluding hydrogens is 260 g/mol. The quantitative estimate of drug-likeness (QED) is 0.662. The number of nitrogens with zero attached hydrogens (tertiary/aromatic N) is 1. The molecule has 1 fully saturated rings. The van der Waals surface area contributed by atoms with Crippen LogP contribution >= 0.6 is 11.8 Å². The Labute approximate surface area is 118 Å². The second-order valence-corrected chi connectivity index (χ2v) is 7.00. The Morgan fingerprint density at radius 2 is 2.26 bits per heavy atom. The molecule has 2 atom stereocenters. The molecule has 1 saturated heterocycles. The highest BCUT2D eigenvalue weighted by Gasteiger charge is 2.30. The third kappa shape index (κ3) is 3.48. The highest BCUT2D eigenvalue weighted by molar-refractivity contribution is 8.00. The average Bonchev–Trinajstić information content (AvgIpc) is 2.83. The van der Waals surface area contributed by atoms with E-state index < -0.39 is 0 Å². The van der Waals surface area contributed by atoms with Crippen LogP contribution < -0.4 is 5.32 Å². The molecular formula is C14H20N2O2S. The molecule has 1 aliphatic heterocycles. The number of hydrogen-bond donors (Lipinski definition) is 1. The van der Waals surface area contributed by atoms with E-state index in [0.717, 1.165) is 12.1 Å². The molecule has 4 nitrogen and oxygen atoms in total. The first-order valence-electron chi connectivity index (χ1n) is 6.62. The summed E-state index contributed by atoms with van der Waals surface area (Å²) in [4.78, 5) is 10.7. The van der Waals surface area contributed by atoms with Gasteiger partial charge in [-0.2, -0.15) is 11.8 Å². The van der Waals surface area contributed by atoms with Crippen molar-refractivity contribution in [3.8, 4) is 0 Å². The fourth-order valence-corrected chi connectivity index (χ4v) is 3.73. The van der Waals surface area contributed by atoms with Crippen LogP contribution in [0.2, 0.25) is 0 Å². The molecule has 2 unspecified atom stereocenters. The number of hydrogen-bond acceptors (Lipinski definition) is 4. The fourth-order valence-electron chi connectivity index (χ4n) is 2.48. The largest absolute Gasteiger partial charge is 0.309 e. The van der Waals surface area contributed by atoms with E-state index in [1.165, 1.54) is 18.6 Å². The SMILES string of the molecule is CC(NCC1(C)CCCS1)c1ccccc1[N+](=O)[O-]. The van der Waals surface area contributed by atoms with Crippen LogP contribution in [-0.2, 0) is 0 Å². The smallest absolute Gasteiger partial charge is 0.274 e. The van der Waals surface area contributed by atoms with Crippen molar-refractivity contribution in [1.82, 2.24) is 5.32 Å². The molecule has 1 N–H and O–H groups in total. The lowest BCUT2D eigenvalue weighted by Crippen LogP contribution is -2.34. The van der Waals surface area contributed by atoms with E-state index in [1.807, 2.05) is 30.8 Å². The van der Waals surface area contributed by atoms with Crippen molar-refractivity contribution >= 4 is 17.4 Å². The summed E-state index contributed by atoms with van der Waals surface area (Å²) in [6, 6.07) is 6.97. The number of benzene rings is 1. The summed E-state index contributed by atoms with van der Waals surface area (Å²) >= 11 is 2.00. The second-order valence-electron chi connectivity index (χ2n) is 5.32. The minimum atomic E-state index is -0.306. The van der Waals surface area contributed by atoms with Crippen molar-refractivity contribution in [3.63, 3.8) is 0 Å². The van der Waals surface area contributed by atoms with E-state index >= 15 is 0 Å². The van der Waals surface area contributed by atoms with Gasteiger partial charge in [-0.3, -0.25) is 10.1 Å². The van der Waals surface area contributed by atoms with Gasteiger partial charge in [0.1, 0.15) is 0 Å². The lowest BCUT2D eigenvalue weighted by Gasteiger charge is -2.25. The van der Waals surface area contributed by atoms with Gasteiger partial charge in [-0.25, -0.2) is 0 Å². The Morgan fingerprint density at radius 3 is 2.89 bits per heavy atom. The Kier molecular flexibility index (Phi) is 4.47. The van der Waals surface area contributed by atoms with Crippen molar-refractivity contribution in [2.45, 2.75) is 37.5 Å². The summed E-state index contributed by atoms with van der Waals surface area (Å²) in [7, 11) is 0. The molecule has 0 bridgehead atoms. The molecule has 2 rings (SSSR count). The van der Waals surface area contributed by atoms with Crippen molar-refractivity contribution < 1.29 is 4.92 Å². The lowest BCUT2D eigenvalue weighted by atomic mass is 10.0. The summed E-state index contributed by atoms with van der Waals surface area (Å²) in [6.45, 7) is 5.15. The van der Waals surface area contributed by atoms with Gasteiger partial charge in [0.25, 0.3) is 5.69 Å². The molecule has 1 heterocycles. The van der Waals surface area contributed by atoms with Crippen LogP contribution in [0.15, 0.2) is 24.3 Å². The maximum absolute atomic E-state index is 11.0. The van der Waals surface area contributed by atoms with Gasteiger partial charge in [0.15, 0.2) is 0 Å². The van der Waals surface area contributed by atoms with Gasteiger partial charge >= 0.3 is 0 Å². The molecule has 0 radical (unpaired) electrons. The Hall–Kier alpha value is -1.07. The van der Waals surface area contributed by atoms with E-state index in [9.17, 15) is 10.1 Å². The van der Waals surface area contributed by atoms with Gasteiger partial charge in [0.05, 0.1) is 4.92 Å². The second kappa shape index (κ2) is 5.92. The van der Waals surface area contributed by atoms with Gasteiger partial charge in [-0.05, 0) is 32.4 Å². The number of nitrogens with one attached hydrogen (secondary N) is 1. The summed E-state index contributed by atoms with van der Waals surface area (Å²) in [5, 5.41) is 14.5. The predicted octanol–water partition coefficient (Wildman–Crippen LogP) is 3.53. The van der Waals surface area contributed by atoms with Crippen molar-refractivity contribution in [1.29, 1.82) is 0 Å². The summed E-state index contributed by atoms with van der Waals surface area (Å²) in [5.74, 6) is 1.22. The first-order chi connectivity index (χ1) is 9.02.